The Kier molecular flexibility index (Phi) is 6.46. The predicted octanol–water partition coefficient (Wildman–Crippen LogP) is 4.44. The van der Waals surface area contributed by atoms with Crippen LogP contribution in [-0.4, -0.2) is 27.2 Å². The fourth-order valence-corrected chi connectivity index (χ4v) is 3.62. The van der Waals surface area contributed by atoms with Gasteiger partial charge in [0.05, 0.1) is 10.1 Å². The number of anilines is 2. The number of amides is 1. The molecule has 0 saturated carbocycles. The van der Waals surface area contributed by atoms with Crippen molar-refractivity contribution in [1.29, 1.82) is 0 Å². The number of aromatic hydroxyl groups is 1. The van der Waals surface area contributed by atoms with E-state index in [4.69, 9.17) is 0 Å². The molecule has 152 valence electrons. The van der Waals surface area contributed by atoms with Crippen LogP contribution in [0.3, 0.4) is 0 Å². The smallest absolute Gasteiger partial charge is 0.267 e. The van der Waals surface area contributed by atoms with Crippen LogP contribution < -0.4 is 15.8 Å². The highest BCUT2D eigenvalue weighted by Gasteiger charge is 2.22. The molecule has 3 aromatic rings. The van der Waals surface area contributed by atoms with Crippen LogP contribution in [0.2, 0.25) is 0 Å². The van der Waals surface area contributed by atoms with Crippen LogP contribution in [0.5, 0.6) is 5.75 Å². The lowest BCUT2D eigenvalue weighted by Crippen LogP contribution is -2.31. The second kappa shape index (κ2) is 8.86. The van der Waals surface area contributed by atoms with E-state index >= 15 is 0 Å². The Morgan fingerprint density at radius 3 is 2.62 bits per heavy atom. The Morgan fingerprint density at radius 2 is 1.93 bits per heavy atom. The first-order valence-electron chi connectivity index (χ1n) is 9.36. The van der Waals surface area contributed by atoms with Crippen LogP contribution in [0.4, 0.5) is 11.4 Å². The van der Waals surface area contributed by atoms with E-state index in [1.54, 1.807) is 28.8 Å². The number of pyridine rings is 1. The summed E-state index contributed by atoms with van der Waals surface area (Å²) < 4.78 is 2.36. The third-order valence-electron chi connectivity index (χ3n) is 4.64. The van der Waals surface area contributed by atoms with Crippen molar-refractivity contribution in [3.63, 3.8) is 0 Å². The third kappa shape index (κ3) is 4.39. The van der Waals surface area contributed by atoms with Crippen molar-refractivity contribution in [2.24, 2.45) is 5.92 Å². The first-order chi connectivity index (χ1) is 13.8. The number of fused-ring (bicyclic) bond motifs is 1. The van der Waals surface area contributed by atoms with E-state index < -0.39 is 11.5 Å². The molecule has 0 bridgehead atoms. The summed E-state index contributed by atoms with van der Waals surface area (Å²) in [5.74, 6) is -0.703. The number of alkyl halides is 1. The zero-order valence-electron chi connectivity index (χ0n) is 16.6. The molecule has 0 fully saturated rings. The number of rotatable bonds is 6. The molecule has 0 aliphatic rings. The summed E-state index contributed by atoms with van der Waals surface area (Å²) in [4.78, 5) is 28.1. The predicted molar refractivity (Wildman–Crippen MR) is 126 cm³/mol. The molecule has 0 radical (unpaired) electrons. The molecule has 0 aliphatic carbocycles. The summed E-state index contributed by atoms with van der Waals surface area (Å²) in [5.41, 5.74) is 1.39. The van der Waals surface area contributed by atoms with E-state index in [2.05, 4.69) is 27.9 Å². The molecule has 1 amide bonds. The molecule has 0 unspecified atom stereocenters. The van der Waals surface area contributed by atoms with Gasteiger partial charge in [-0.3, -0.25) is 9.59 Å². The maximum Gasteiger partial charge on any atom is 0.267 e. The average molecular weight is 505 g/mol. The highest BCUT2D eigenvalue weighted by atomic mass is 127. The Hall–Kier alpha value is -2.55. The molecule has 0 spiro atoms. The summed E-state index contributed by atoms with van der Waals surface area (Å²) in [6.07, 6.45) is 0. The fraction of sp³-hybridized carbons (Fsp3) is 0.273. The normalized spacial score (nSPS) is 11.1. The molecule has 29 heavy (non-hydrogen) atoms. The van der Waals surface area contributed by atoms with Gasteiger partial charge in [0.15, 0.2) is 0 Å². The van der Waals surface area contributed by atoms with Gasteiger partial charge >= 0.3 is 0 Å². The SMILES string of the molecule is CC(C)Cn1c(=O)c(C(=O)Nc2cccc(N(C)CI)c2)c(O)c2ccccc21. The minimum Gasteiger partial charge on any atom is -0.506 e. The van der Waals surface area contributed by atoms with Crippen molar-refractivity contribution in [2.75, 3.05) is 21.8 Å². The van der Waals surface area contributed by atoms with Gasteiger partial charge in [-0.2, -0.15) is 0 Å². The Morgan fingerprint density at radius 1 is 1.21 bits per heavy atom. The van der Waals surface area contributed by atoms with Gasteiger partial charge in [-0.15, -0.1) is 0 Å². The highest BCUT2D eigenvalue weighted by Crippen LogP contribution is 2.28. The number of hydrogen-bond donors (Lipinski definition) is 2. The van der Waals surface area contributed by atoms with Crippen molar-refractivity contribution >= 4 is 50.8 Å². The minimum atomic E-state index is -0.620. The summed E-state index contributed by atoms with van der Waals surface area (Å²) in [7, 11) is 1.95. The van der Waals surface area contributed by atoms with Gasteiger partial charge in [0.25, 0.3) is 11.5 Å². The zero-order valence-corrected chi connectivity index (χ0v) is 18.8. The van der Waals surface area contributed by atoms with Crippen LogP contribution in [-0.2, 0) is 6.54 Å². The van der Waals surface area contributed by atoms with Crippen LogP contribution >= 0.6 is 22.6 Å². The standard InChI is InChI=1S/C22H24IN3O3/c1-14(2)12-26-18-10-5-4-9-17(18)20(27)19(22(26)29)21(28)24-15-7-6-8-16(11-15)25(3)13-23/h4-11,14,27H,12-13H2,1-3H3,(H,24,28). The molecule has 7 heteroatoms. The number of carbonyl (C=O) groups excluding carboxylic acids is 1. The molecular formula is C22H24IN3O3. The Bertz CT molecular complexity index is 1110. The van der Waals surface area contributed by atoms with Gasteiger partial charge in [0, 0.05) is 30.4 Å². The third-order valence-corrected chi connectivity index (χ3v) is 5.67. The monoisotopic (exact) mass is 505 g/mol. The van der Waals surface area contributed by atoms with E-state index in [0.29, 0.717) is 23.1 Å². The Balaban J connectivity index is 2.07. The van der Waals surface area contributed by atoms with Crippen molar-refractivity contribution in [1.82, 2.24) is 4.57 Å². The fourth-order valence-electron chi connectivity index (χ4n) is 3.22. The van der Waals surface area contributed by atoms with E-state index in [-0.39, 0.29) is 17.2 Å². The lowest BCUT2D eigenvalue weighted by molar-refractivity contribution is 0.102. The lowest BCUT2D eigenvalue weighted by atomic mass is 10.1. The number of nitrogens with one attached hydrogen (secondary N) is 1. The topological polar surface area (TPSA) is 74.6 Å². The second-order valence-corrected chi connectivity index (χ2v) is 8.05. The minimum absolute atomic E-state index is 0.206. The summed E-state index contributed by atoms with van der Waals surface area (Å²) in [5, 5.41) is 14.0. The van der Waals surface area contributed by atoms with E-state index in [0.717, 1.165) is 10.2 Å². The molecule has 2 N–H and O–H groups in total. The number of aromatic nitrogens is 1. The molecule has 1 aromatic heterocycles. The van der Waals surface area contributed by atoms with E-state index in [9.17, 15) is 14.7 Å². The van der Waals surface area contributed by atoms with Crippen LogP contribution in [0, 0.1) is 5.92 Å². The first kappa shape index (κ1) is 21.2. The molecular weight excluding hydrogens is 481 g/mol. The molecule has 0 aliphatic heterocycles. The quantitative estimate of drug-likeness (QED) is 0.295. The van der Waals surface area contributed by atoms with Gasteiger partial charge in [0.1, 0.15) is 11.3 Å². The number of halogens is 1. The van der Waals surface area contributed by atoms with Crippen LogP contribution in [0.1, 0.15) is 24.2 Å². The highest BCUT2D eigenvalue weighted by molar-refractivity contribution is 14.1. The van der Waals surface area contributed by atoms with Gasteiger partial charge in [-0.1, -0.05) is 54.6 Å². The average Bonchev–Trinajstić information content (AvgIpc) is 2.70. The molecule has 0 saturated heterocycles. The van der Waals surface area contributed by atoms with Crippen LogP contribution in [0.15, 0.2) is 53.3 Å². The number of carbonyl (C=O) groups is 1. The first-order valence-corrected chi connectivity index (χ1v) is 10.9. The second-order valence-electron chi connectivity index (χ2n) is 7.37. The van der Waals surface area contributed by atoms with Gasteiger partial charge in [0.2, 0.25) is 0 Å². The van der Waals surface area contributed by atoms with Gasteiger partial charge in [-0.25, -0.2) is 0 Å². The van der Waals surface area contributed by atoms with Crippen molar-refractivity contribution in [2.45, 2.75) is 20.4 Å². The largest absolute Gasteiger partial charge is 0.506 e. The number of nitrogens with zero attached hydrogens (tertiary/aromatic N) is 2. The summed E-state index contributed by atoms with van der Waals surface area (Å²) in [6.45, 7) is 4.46. The molecule has 2 aromatic carbocycles. The Labute approximate surface area is 183 Å². The number of benzene rings is 2. The lowest BCUT2D eigenvalue weighted by Gasteiger charge is -2.18. The maximum absolute atomic E-state index is 13.1. The number of hydrogen-bond acceptors (Lipinski definition) is 4. The molecule has 1 heterocycles. The molecule has 3 rings (SSSR count). The number of para-hydroxylation sites is 1. The summed E-state index contributed by atoms with van der Waals surface area (Å²) in [6, 6.07) is 14.5. The van der Waals surface area contributed by atoms with Crippen LogP contribution in [0.25, 0.3) is 10.9 Å². The van der Waals surface area contributed by atoms with E-state index in [1.165, 1.54) is 0 Å². The van der Waals surface area contributed by atoms with Crippen molar-refractivity contribution in [3.05, 3.63) is 64.4 Å². The van der Waals surface area contributed by atoms with Crippen molar-refractivity contribution in [3.8, 4) is 5.75 Å². The molecule has 0 atom stereocenters. The van der Waals surface area contributed by atoms with Crippen molar-refractivity contribution < 1.29 is 9.90 Å². The maximum atomic E-state index is 13.1. The zero-order chi connectivity index (χ0) is 21.1. The van der Waals surface area contributed by atoms with E-state index in [1.807, 2.05) is 50.1 Å². The summed E-state index contributed by atoms with van der Waals surface area (Å²) >= 11 is 2.25. The molecule has 6 nitrogen and oxygen atoms in total. The van der Waals surface area contributed by atoms with Gasteiger partial charge < -0.3 is 19.9 Å². The van der Waals surface area contributed by atoms with Gasteiger partial charge in [-0.05, 0) is 36.2 Å².